The van der Waals surface area contributed by atoms with Gasteiger partial charge in [0.2, 0.25) is 11.8 Å². The molecule has 11 heteroatoms. The van der Waals surface area contributed by atoms with Crippen molar-refractivity contribution in [3.63, 3.8) is 0 Å². The van der Waals surface area contributed by atoms with E-state index in [9.17, 15) is 23.2 Å². The van der Waals surface area contributed by atoms with Crippen LogP contribution in [0.3, 0.4) is 0 Å². The molecule has 0 saturated carbocycles. The van der Waals surface area contributed by atoms with Crippen molar-refractivity contribution in [2.45, 2.75) is 51.7 Å². The molecular weight excluding hydrogens is 462 g/mol. The summed E-state index contributed by atoms with van der Waals surface area (Å²) in [4.78, 5) is 42.8. The molecule has 9 nitrogen and oxygen atoms in total. The Morgan fingerprint density at radius 3 is 2.37 bits per heavy atom. The molecule has 0 spiro atoms. The summed E-state index contributed by atoms with van der Waals surface area (Å²) in [7, 11) is 0. The molecule has 0 aliphatic carbocycles. The number of anilines is 1. The van der Waals surface area contributed by atoms with Crippen molar-refractivity contribution < 1.29 is 32.6 Å². The van der Waals surface area contributed by atoms with E-state index >= 15 is 0 Å². The maximum atomic E-state index is 13.7. The molecule has 3 amide bonds. The summed E-state index contributed by atoms with van der Waals surface area (Å²) < 4.78 is 35.1. The Labute approximate surface area is 201 Å². The largest absolute Gasteiger partial charge is 0.437 e. The van der Waals surface area contributed by atoms with Crippen LogP contribution in [-0.4, -0.2) is 53.6 Å². The highest BCUT2D eigenvalue weighted by atomic mass is 19.3. The SMILES string of the molecule is Cc1ccc(NC(=O)C2(c3ccccc3C(C)C)CN(C(=O)C(C)OC(N)=O)C2)c(OC(F)F)n1. The van der Waals surface area contributed by atoms with Gasteiger partial charge in [0, 0.05) is 18.8 Å². The number of nitrogens with one attached hydrogen (secondary N) is 1. The van der Waals surface area contributed by atoms with Crippen LogP contribution in [-0.2, 0) is 19.7 Å². The molecule has 0 radical (unpaired) electrons. The van der Waals surface area contributed by atoms with E-state index in [0.29, 0.717) is 11.3 Å². The Hall–Kier alpha value is -3.76. The third-order valence-corrected chi connectivity index (χ3v) is 5.86. The summed E-state index contributed by atoms with van der Waals surface area (Å²) >= 11 is 0. The van der Waals surface area contributed by atoms with Crippen LogP contribution in [0.1, 0.15) is 43.5 Å². The van der Waals surface area contributed by atoms with E-state index < -0.39 is 41.9 Å². The molecule has 2 heterocycles. The van der Waals surface area contributed by atoms with Crippen LogP contribution in [0.2, 0.25) is 0 Å². The minimum absolute atomic E-state index is 0.0157. The molecule has 1 aliphatic rings. The first-order valence-electron chi connectivity index (χ1n) is 11.0. The Morgan fingerprint density at radius 2 is 1.77 bits per heavy atom. The van der Waals surface area contributed by atoms with E-state index in [1.54, 1.807) is 19.1 Å². The van der Waals surface area contributed by atoms with Crippen LogP contribution in [0.15, 0.2) is 36.4 Å². The van der Waals surface area contributed by atoms with E-state index in [2.05, 4.69) is 15.0 Å². The summed E-state index contributed by atoms with van der Waals surface area (Å²) in [6.07, 6.45) is -2.21. The summed E-state index contributed by atoms with van der Waals surface area (Å²) in [6, 6.07) is 10.3. The quantitative estimate of drug-likeness (QED) is 0.585. The van der Waals surface area contributed by atoms with Crippen molar-refractivity contribution in [3.05, 3.63) is 53.2 Å². The number of carbonyl (C=O) groups excluding carboxylic acids is 3. The summed E-state index contributed by atoms with van der Waals surface area (Å²) in [6.45, 7) is 3.80. The zero-order chi connectivity index (χ0) is 25.9. The minimum atomic E-state index is -3.13. The van der Waals surface area contributed by atoms with Gasteiger partial charge in [-0.05, 0) is 43.0 Å². The van der Waals surface area contributed by atoms with Crippen molar-refractivity contribution in [1.29, 1.82) is 0 Å². The van der Waals surface area contributed by atoms with Crippen LogP contribution >= 0.6 is 0 Å². The molecule has 3 rings (SSSR count). The number of carbonyl (C=O) groups is 3. The molecule has 1 aromatic heterocycles. The highest BCUT2D eigenvalue weighted by Gasteiger charge is 2.54. The molecule has 1 fully saturated rings. The van der Waals surface area contributed by atoms with Crippen molar-refractivity contribution >= 4 is 23.6 Å². The van der Waals surface area contributed by atoms with Crippen LogP contribution < -0.4 is 15.8 Å². The van der Waals surface area contributed by atoms with Gasteiger partial charge in [0.25, 0.3) is 5.91 Å². The van der Waals surface area contributed by atoms with Gasteiger partial charge in [-0.2, -0.15) is 8.78 Å². The first kappa shape index (κ1) is 25.9. The number of nitrogens with zero attached hydrogens (tertiary/aromatic N) is 2. The standard InChI is InChI=1S/C24H28F2N4O5/c1-13(2)16-7-5-6-8-17(16)24(11-30(12-24)20(31)15(4)34-23(27)33)21(32)29-18-10-9-14(3)28-19(18)35-22(25)26/h5-10,13,15,22H,11-12H2,1-4H3,(H2,27,33)(H,29,32). The van der Waals surface area contributed by atoms with Gasteiger partial charge in [-0.1, -0.05) is 38.1 Å². The van der Waals surface area contributed by atoms with Crippen molar-refractivity contribution in [1.82, 2.24) is 9.88 Å². The number of benzene rings is 1. The zero-order valence-corrected chi connectivity index (χ0v) is 19.9. The van der Waals surface area contributed by atoms with Gasteiger partial charge in [0.05, 0.1) is 0 Å². The number of aryl methyl sites for hydroxylation is 1. The molecule has 0 bridgehead atoms. The Kier molecular flexibility index (Phi) is 7.57. The third kappa shape index (κ3) is 5.50. The fourth-order valence-electron chi connectivity index (χ4n) is 4.16. The number of nitrogens with two attached hydrogens (primary N) is 1. The molecular formula is C24H28F2N4O5. The van der Waals surface area contributed by atoms with Gasteiger partial charge in [0.1, 0.15) is 11.1 Å². The lowest BCUT2D eigenvalue weighted by atomic mass is 9.69. The number of primary amides is 1. The number of pyridine rings is 1. The number of hydrogen-bond acceptors (Lipinski definition) is 6. The van der Waals surface area contributed by atoms with Crippen LogP contribution in [0, 0.1) is 6.92 Å². The number of aromatic nitrogens is 1. The summed E-state index contributed by atoms with van der Waals surface area (Å²) in [5.74, 6) is -1.36. The minimum Gasteiger partial charge on any atom is -0.437 e. The van der Waals surface area contributed by atoms with E-state index in [1.165, 1.54) is 17.9 Å². The van der Waals surface area contributed by atoms with E-state index in [0.717, 1.165) is 5.56 Å². The number of rotatable bonds is 8. The lowest BCUT2D eigenvalue weighted by Crippen LogP contribution is -2.68. The number of halogens is 2. The maximum absolute atomic E-state index is 13.7. The predicted molar refractivity (Wildman–Crippen MR) is 123 cm³/mol. The highest BCUT2D eigenvalue weighted by Crippen LogP contribution is 2.41. The molecule has 188 valence electrons. The second kappa shape index (κ2) is 10.2. The molecule has 1 aromatic carbocycles. The van der Waals surface area contributed by atoms with Crippen LogP contribution in [0.5, 0.6) is 5.88 Å². The van der Waals surface area contributed by atoms with Crippen molar-refractivity contribution in [2.24, 2.45) is 5.73 Å². The number of amides is 3. The molecule has 1 saturated heterocycles. The topological polar surface area (TPSA) is 124 Å². The molecule has 2 aromatic rings. The number of likely N-dealkylation sites (tertiary alicyclic amines) is 1. The average Bonchev–Trinajstić information content (AvgIpc) is 2.74. The van der Waals surface area contributed by atoms with Gasteiger partial charge in [-0.25, -0.2) is 9.78 Å². The number of alkyl halides is 2. The van der Waals surface area contributed by atoms with Crippen molar-refractivity contribution in [2.75, 3.05) is 18.4 Å². The fourth-order valence-corrected chi connectivity index (χ4v) is 4.16. The molecule has 3 N–H and O–H groups in total. The smallest absolute Gasteiger partial charge is 0.405 e. The Morgan fingerprint density at radius 1 is 1.11 bits per heavy atom. The molecule has 35 heavy (non-hydrogen) atoms. The third-order valence-electron chi connectivity index (χ3n) is 5.86. The van der Waals surface area contributed by atoms with E-state index in [-0.39, 0.29) is 24.7 Å². The Bertz CT molecular complexity index is 1120. The van der Waals surface area contributed by atoms with Gasteiger partial charge in [-0.3, -0.25) is 9.59 Å². The van der Waals surface area contributed by atoms with Gasteiger partial charge >= 0.3 is 12.7 Å². The average molecular weight is 491 g/mol. The first-order chi connectivity index (χ1) is 16.4. The highest BCUT2D eigenvalue weighted by molar-refractivity contribution is 6.03. The van der Waals surface area contributed by atoms with Crippen molar-refractivity contribution in [3.8, 4) is 5.88 Å². The second-order valence-corrected chi connectivity index (χ2v) is 8.74. The molecule has 1 atom stereocenters. The monoisotopic (exact) mass is 490 g/mol. The summed E-state index contributed by atoms with van der Waals surface area (Å²) in [5, 5.41) is 2.67. The fraction of sp³-hybridized carbons (Fsp3) is 0.417. The lowest BCUT2D eigenvalue weighted by Gasteiger charge is -2.50. The first-order valence-corrected chi connectivity index (χ1v) is 11.0. The maximum Gasteiger partial charge on any atom is 0.405 e. The molecule has 1 unspecified atom stereocenters. The van der Waals surface area contributed by atoms with Gasteiger partial charge in [0.15, 0.2) is 6.10 Å². The van der Waals surface area contributed by atoms with Gasteiger partial charge in [-0.15, -0.1) is 0 Å². The van der Waals surface area contributed by atoms with Gasteiger partial charge < -0.3 is 25.4 Å². The van der Waals surface area contributed by atoms with Crippen LogP contribution in [0.4, 0.5) is 19.3 Å². The Balaban J connectivity index is 1.97. The predicted octanol–water partition coefficient (Wildman–Crippen LogP) is 3.32. The summed E-state index contributed by atoms with van der Waals surface area (Å²) in [5.41, 5.74) is 5.86. The van der Waals surface area contributed by atoms with Crippen LogP contribution in [0.25, 0.3) is 0 Å². The number of ether oxygens (including phenoxy) is 2. The van der Waals surface area contributed by atoms with E-state index in [4.69, 9.17) is 10.5 Å². The zero-order valence-electron chi connectivity index (χ0n) is 19.9. The normalized spacial score (nSPS) is 15.4. The second-order valence-electron chi connectivity index (χ2n) is 8.74. The van der Waals surface area contributed by atoms with E-state index in [1.807, 2.05) is 32.0 Å². The lowest BCUT2D eigenvalue weighted by molar-refractivity contribution is -0.150. The number of hydrogen-bond donors (Lipinski definition) is 2. The molecule has 1 aliphatic heterocycles.